The van der Waals surface area contributed by atoms with Crippen LogP contribution in [0.1, 0.15) is 5.56 Å². The van der Waals surface area contributed by atoms with Crippen molar-refractivity contribution in [3.63, 3.8) is 0 Å². The number of amides is 1. The summed E-state index contributed by atoms with van der Waals surface area (Å²) in [6.07, 6.45) is 1.14. The van der Waals surface area contributed by atoms with Crippen LogP contribution >= 0.6 is 12.2 Å². The topological polar surface area (TPSA) is 59.0 Å². The molecule has 1 N–H and O–H groups in total. The van der Waals surface area contributed by atoms with E-state index in [0.29, 0.717) is 13.0 Å². The fourth-order valence-electron chi connectivity index (χ4n) is 2.52. The van der Waals surface area contributed by atoms with E-state index in [1.807, 2.05) is 30.3 Å². The summed E-state index contributed by atoms with van der Waals surface area (Å²) in [6.45, 7) is 7.51. The van der Waals surface area contributed by atoms with E-state index in [0.717, 1.165) is 5.56 Å². The lowest BCUT2D eigenvalue weighted by atomic mass is 10.0. The zero-order valence-corrected chi connectivity index (χ0v) is 14.2. The molecular formula is C18H21NO4S. The summed E-state index contributed by atoms with van der Waals surface area (Å²) in [5.74, 6) is -0.437. The van der Waals surface area contributed by atoms with Gasteiger partial charge in [0.2, 0.25) is 0 Å². The number of aliphatic hydroxyl groups excluding tert-OH is 1. The Bertz CT molecular complexity index is 604. The second-order valence-corrected chi connectivity index (χ2v) is 5.75. The number of benzene rings is 1. The zero-order chi connectivity index (χ0) is 17.5. The Labute approximate surface area is 147 Å². The van der Waals surface area contributed by atoms with Gasteiger partial charge in [0.05, 0.1) is 12.6 Å². The van der Waals surface area contributed by atoms with Gasteiger partial charge in [-0.25, -0.2) is 0 Å². The first-order valence-corrected chi connectivity index (χ1v) is 8.06. The molecule has 1 aliphatic heterocycles. The van der Waals surface area contributed by atoms with Gasteiger partial charge >= 0.3 is 0 Å². The molecular weight excluding hydrogens is 326 g/mol. The minimum Gasteiger partial charge on any atom is -0.468 e. The first-order valence-electron chi connectivity index (χ1n) is 7.65. The van der Waals surface area contributed by atoms with E-state index in [1.54, 1.807) is 0 Å². The normalized spacial score (nSPS) is 19.5. The predicted octanol–water partition coefficient (Wildman–Crippen LogP) is 1.86. The SMILES string of the molecule is C=CCO[C@H](C(=O)N1C(=S)OC[C@@H]1Cc1ccccc1)[C@@H](O)C=C. The maximum Gasteiger partial charge on any atom is 0.266 e. The molecule has 5 nitrogen and oxygen atoms in total. The van der Waals surface area contributed by atoms with Crippen LogP contribution in [-0.2, 0) is 20.7 Å². The molecule has 128 valence electrons. The summed E-state index contributed by atoms with van der Waals surface area (Å²) in [5, 5.41) is 10.1. The molecule has 0 bridgehead atoms. The van der Waals surface area contributed by atoms with Crippen molar-refractivity contribution in [3.05, 3.63) is 61.2 Å². The summed E-state index contributed by atoms with van der Waals surface area (Å²) in [5.41, 5.74) is 1.07. The Morgan fingerprint density at radius 1 is 1.46 bits per heavy atom. The minimum atomic E-state index is -1.14. The minimum absolute atomic E-state index is 0.101. The summed E-state index contributed by atoms with van der Waals surface area (Å²) in [7, 11) is 0. The van der Waals surface area contributed by atoms with Crippen molar-refractivity contribution in [1.29, 1.82) is 0 Å². The second-order valence-electron chi connectivity index (χ2n) is 5.40. The number of carbonyl (C=O) groups is 1. The van der Waals surface area contributed by atoms with Gasteiger partial charge in [-0.1, -0.05) is 42.5 Å². The van der Waals surface area contributed by atoms with Crippen LogP contribution in [-0.4, -0.2) is 52.6 Å². The number of carbonyl (C=O) groups excluding carboxylic acids is 1. The van der Waals surface area contributed by atoms with E-state index in [9.17, 15) is 9.90 Å². The lowest BCUT2D eigenvalue weighted by Gasteiger charge is -2.27. The first-order chi connectivity index (χ1) is 11.6. The Kier molecular flexibility index (Phi) is 6.66. The average molecular weight is 347 g/mol. The highest BCUT2D eigenvalue weighted by molar-refractivity contribution is 7.80. The molecule has 24 heavy (non-hydrogen) atoms. The highest BCUT2D eigenvalue weighted by atomic mass is 32.1. The van der Waals surface area contributed by atoms with Crippen molar-refractivity contribution in [2.24, 2.45) is 0 Å². The number of ether oxygens (including phenoxy) is 2. The molecule has 1 saturated heterocycles. The monoisotopic (exact) mass is 347 g/mol. The number of aliphatic hydroxyl groups is 1. The van der Waals surface area contributed by atoms with Crippen molar-refractivity contribution in [2.45, 2.75) is 24.7 Å². The van der Waals surface area contributed by atoms with E-state index >= 15 is 0 Å². The summed E-state index contributed by atoms with van der Waals surface area (Å²) >= 11 is 5.16. The number of hydrogen-bond acceptors (Lipinski definition) is 5. The van der Waals surface area contributed by atoms with E-state index in [-0.39, 0.29) is 17.8 Å². The van der Waals surface area contributed by atoms with Crippen LogP contribution < -0.4 is 0 Å². The molecule has 3 atom stereocenters. The third-order valence-electron chi connectivity index (χ3n) is 3.70. The molecule has 1 aromatic rings. The van der Waals surface area contributed by atoms with Gasteiger partial charge in [0.1, 0.15) is 12.7 Å². The molecule has 1 aromatic carbocycles. The van der Waals surface area contributed by atoms with Gasteiger partial charge in [0, 0.05) is 0 Å². The molecule has 6 heteroatoms. The number of rotatable bonds is 8. The standard InChI is InChI=1S/C18H21NO4S/c1-3-10-22-16(15(20)4-2)17(21)19-14(12-23-18(19)24)11-13-8-6-5-7-9-13/h3-9,14-16,20H,1-2,10-12H2/t14-,15-,16-/m0/s1. The lowest BCUT2D eigenvalue weighted by Crippen LogP contribution is -2.50. The van der Waals surface area contributed by atoms with Crippen LogP contribution in [0, 0.1) is 0 Å². The van der Waals surface area contributed by atoms with Gasteiger partial charge in [0.15, 0.2) is 6.10 Å². The van der Waals surface area contributed by atoms with Crippen LogP contribution in [0.25, 0.3) is 0 Å². The summed E-state index contributed by atoms with van der Waals surface area (Å²) < 4.78 is 10.8. The quantitative estimate of drug-likeness (QED) is 0.575. The molecule has 1 aliphatic rings. The number of nitrogens with zero attached hydrogens (tertiary/aromatic N) is 1. The van der Waals surface area contributed by atoms with E-state index in [2.05, 4.69) is 13.2 Å². The zero-order valence-electron chi connectivity index (χ0n) is 13.3. The van der Waals surface area contributed by atoms with Gasteiger partial charge in [-0.2, -0.15) is 0 Å². The molecule has 0 aromatic heterocycles. The Morgan fingerprint density at radius 3 is 2.79 bits per heavy atom. The fourth-order valence-corrected chi connectivity index (χ4v) is 2.82. The number of hydrogen-bond donors (Lipinski definition) is 1. The predicted molar refractivity (Wildman–Crippen MR) is 95.5 cm³/mol. The Balaban J connectivity index is 2.17. The lowest BCUT2D eigenvalue weighted by molar-refractivity contribution is -0.145. The molecule has 1 amide bonds. The fraction of sp³-hybridized carbons (Fsp3) is 0.333. The molecule has 1 heterocycles. The van der Waals surface area contributed by atoms with E-state index in [4.69, 9.17) is 21.7 Å². The van der Waals surface area contributed by atoms with Crippen molar-refractivity contribution in [1.82, 2.24) is 4.90 Å². The highest BCUT2D eigenvalue weighted by Crippen LogP contribution is 2.20. The third kappa shape index (κ3) is 4.29. The Morgan fingerprint density at radius 2 is 2.17 bits per heavy atom. The molecule has 0 aliphatic carbocycles. The highest BCUT2D eigenvalue weighted by Gasteiger charge is 2.40. The third-order valence-corrected chi connectivity index (χ3v) is 4.02. The largest absolute Gasteiger partial charge is 0.468 e. The van der Waals surface area contributed by atoms with Crippen molar-refractivity contribution < 1.29 is 19.4 Å². The molecule has 0 radical (unpaired) electrons. The molecule has 1 fully saturated rings. The van der Waals surface area contributed by atoms with E-state index in [1.165, 1.54) is 17.1 Å². The van der Waals surface area contributed by atoms with Crippen molar-refractivity contribution in [3.8, 4) is 0 Å². The van der Waals surface area contributed by atoms with Crippen LogP contribution in [0.5, 0.6) is 0 Å². The van der Waals surface area contributed by atoms with E-state index < -0.39 is 18.1 Å². The van der Waals surface area contributed by atoms with Crippen LogP contribution in [0.15, 0.2) is 55.6 Å². The van der Waals surface area contributed by atoms with Gasteiger partial charge < -0.3 is 14.6 Å². The van der Waals surface area contributed by atoms with Crippen molar-refractivity contribution >= 4 is 23.3 Å². The van der Waals surface area contributed by atoms with Crippen molar-refractivity contribution in [2.75, 3.05) is 13.2 Å². The molecule has 0 unspecified atom stereocenters. The van der Waals surface area contributed by atoms with Gasteiger partial charge in [-0.15, -0.1) is 13.2 Å². The van der Waals surface area contributed by atoms with Crippen LogP contribution in [0.4, 0.5) is 0 Å². The maximum atomic E-state index is 12.9. The average Bonchev–Trinajstić information content (AvgIpc) is 2.96. The smallest absolute Gasteiger partial charge is 0.266 e. The summed E-state index contributed by atoms with van der Waals surface area (Å²) in [6, 6.07) is 9.53. The van der Waals surface area contributed by atoms with Gasteiger partial charge in [-0.05, 0) is 24.2 Å². The molecule has 0 saturated carbocycles. The summed E-state index contributed by atoms with van der Waals surface area (Å²) in [4.78, 5) is 14.2. The molecule has 0 spiro atoms. The second kappa shape index (κ2) is 8.73. The van der Waals surface area contributed by atoms with Crippen LogP contribution in [0.3, 0.4) is 0 Å². The maximum absolute atomic E-state index is 12.9. The number of thiocarbonyl (C=S) groups is 1. The Hall–Kier alpha value is -2.02. The molecule has 2 rings (SSSR count). The first kappa shape index (κ1) is 18.3. The van der Waals surface area contributed by atoms with Gasteiger partial charge in [0.25, 0.3) is 11.1 Å². The van der Waals surface area contributed by atoms with Crippen LogP contribution in [0.2, 0.25) is 0 Å². The van der Waals surface area contributed by atoms with Gasteiger partial charge in [-0.3, -0.25) is 9.69 Å².